The minimum atomic E-state index is 0.968. The van der Waals surface area contributed by atoms with Crippen LogP contribution in [0.3, 0.4) is 0 Å². The summed E-state index contributed by atoms with van der Waals surface area (Å²) in [7, 11) is 6.00. The van der Waals surface area contributed by atoms with E-state index in [4.69, 9.17) is 4.74 Å². The van der Waals surface area contributed by atoms with Crippen molar-refractivity contribution in [1.29, 1.82) is 0 Å². The van der Waals surface area contributed by atoms with E-state index in [-0.39, 0.29) is 0 Å². The summed E-state index contributed by atoms with van der Waals surface area (Å²) >= 11 is 0. The van der Waals surface area contributed by atoms with Crippen molar-refractivity contribution in [2.24, 2.45) is 0 Å². The largest absolute Gasteiger partial charge is 0.497 e. The Morgan fingerprint density at radius 3 is 2.68 bits per heavy atom. The third-order valence-electron chi connectivity index (χ3n) is 3.78. The highest BCUT2D eigenvalue weighted by atomic mass is 16.5. The molecule has 0 saturated heterocycles. The van der Waals surface area contributed by atoms with E-state index in [1.54, 1.807) is 7.11 Å². The van der Waals surface area contributed by atoms with Gasteiger partial charge in [0.25, 0.3) is 0 Å². The zero-order chi connectivity index (χ0) is 13.7. The molecule has 0 N–H and O–H groups in total. The molecule has 0 unspecified atom stereocenters. The fraction of sp³-hybridized carbons (Fsp3) is 0.529. The fourth-order valence-corrected chi connectivity index (χ4v) is 2.63. The highest BCUT2D eigenvalue weighted by molar-refractivity contribution is 5.70. The van der Waals surface area contributed by atoms with Gasteiger partial charge in [0.2, 0.25) is 0 Å². The maximum atomic E-state index is 5.39. The van der Waals surface area contributed by atoms with Crippen molar-refractivity contribution in [1.82, 2.24) is 4.90 Å². The number of methoxy groups -OCH3 is 1. The molecule has 0 fully saturated rings. The van der Waals surface area contributed by atoms with Gasteiger partial charge in [0.1, 0.15) is 5.75 Å². The molecular formula is C17H25NO. The van der Waals surface area contributed by atoms with Gasteiger partial charge in [-0.25, -0.2) is 0 Å². The van der Waals surface area contributed by atoms with Crippen molar-refractivity contribution in [3.05, 3.63) is 35.4 Å². The van der Waals surface area contributed by atoms with E-state index in [9.17, 15) is 0 Å². The Hall–Kier alpha value is -1.28. The smallest absolute Gasteiger partial charge is 0.119 e. The lowest BCUT2D eigenvalue weighted by Gasteiger charge is -2.19. The standard InChI is InChI=1S/C17H25NO/c1-18(2)12-11-15-9-10-16(19-3)13-17(15)14-7-5-4-6-8-14/h7,9-10,13H,4-6,8,11-12H2,1-3H3. The average molecular weight is 259 g/mol. The van der Waals surface area contributed by atoms with Gasteiger partial charge in [0.15, 0.2) is 0 Å². The van der Waals surface area contributed by atoms with Gasteiger partial charge in [0.05, 0.1) is 7.11 Å². The SMILES string of the molecule is COc1ccc(CCN(C)C)c(C2=CCCCC2)c1. The van der Waals surface area contributed by atoms with Crippen LogP contribution in [0, 0.1) is 0 Å². The van der Waals surface area contributed by atoms with Crippen LogP contribution in [0.1, 0.15) is 36.8 Å². The number of hydrogen-bond donors (Lipinski definition) is 0. The molecule has 2 heteroatoms. The van der Waals surface area contributed by atoms with Crippen LogP contribution >= 0.6 is 0 Å². The lowest BCUT2D eigenvalue weighted by molar-refractivity contribution is 0.410. The zero-order valence-electron chi connectivity index (χ0n) is 12.4. The number of ether oxygens (including phenoxy) is 1. The molecule has 19 heavy (non-hydrogen) atoms. The summed E-state index contributed by atoms with van der Waals surface area (Å²) in [5.41, 5.74) is 4.36. The van der Waals surface area contributed by atoms with Gasteiger partial charge in [0, 0.05) is 6.54 Å². The van der Waals surface area contributed by atoms with Crippen molar-refractivity contribution in [2.75, 3.05) is 27.7 Å². The minimum Gasteiger partial charge on any atom is -0.497 e. The van der Waals surface area contributed by atoms with E-state index in [0.717, 1.165) is 18.7 Å². The molecule has 0 saturated carbocycles. The van der Waals surface area contributed by atoms with E-state index in [0.29, 0.717) is 0 Å². The first kappa shape index (κ1) is 14.1. The van der Waals surface area contributed by atoms with Crippen LogP contribution < -0.4 is 4.74 Å². The molecule has 2 nitrogen and oxygen atoms in total. The second kappa shape index (κ2) is 6.76. The molecule has 0 atom stereocenters. The quantitative estimate of drug-likeness (QED) is 0.798. The van der Waals surface area contributed by atoms with Crippen molar-refractivity contribution >= 4 is 5.57 Å². The molecule has 0 bridgehead atoms. The van der Waals surface area contributed by atoms with E-state index >= 15 is 0 Å². The number of benzene rings is 1. The van der Waals surface area contributed by atoms with E-state index in [1.807, 2.05) is 0 Å². The predicted molar refractivity (Wildman–Crippen MR) is 81.7 cm³/mol. The van der Waals surface area contributed by atoms with Gasteiger partial charge in [-0.15, -0.1) is 0 Å². The second-order valence-corrected chi connectivity index (χ2v) is 5.55. The van der Waals surface area contributed by atoms with Crippen LogP contribution in [0.15, 0.2) is 24.3 Å². The molecule has 104 valence electrons. The lowest BCUT2D eigenvalue weighted by Crippen LogP contribution is -2.15. The molecule has 0 amide bonds. The first-order chi connectivity index (χ1) is 9.20. The Morgan fingerprint density at radius 1 is 1.21 bits per heavy atom. The average Bonchev–Trinajstić information content (AvgIpc) is 2.46. The Bertz CT molecular complexity index is 449. The number of rotatable bonds is 5. The highest BCUT2D eigenvalue weighted by Crippen LogP contribution is 2.31. The van der Waals surface area contributed by atoms with Crippen LogP contribution in [0.25, 0.3) is 5.57 Å². The summed E-state index contributed by atoms with van der Waals surface area (Å²) in [6, 6.07) is 6.52. The predicted octanol–water partition coefficient (Wildman–Crippen LogP) is 3.76. The number of nitrogens with zero attached hydrogens (tertiary/aromatic N) is 1. The molecule has 0 aromatic heterocycles. The van der Waals surface area contributed by atoms with Crippen LogP contribution in [-0.4, -0.2) is 32.6 Å². The molecule has 0 spiro atoms. The summed E-state index contributed by atoms with van der Waals surface area (Å²) in [5.74, 6) is 0.968. The van der Waals surface area contributed by atoms with Crippen LogP contribution in [-0.2, 0) is 6.42 Å². The summed E-state index contributed by atoms with van der Waals surface area (Å²) in [5, 5.41) is 0. The zero-order valence-corrected chi connectivity index (χ0v) is 12.4. The minimum absolute atomic E-state index is 0.968. The molecule has 0 heterocycles. The molecule has 0 aliphatic heterocycles. The summed E-state index contributed by atoms with van der Waals surface area (Å²) in [6.07, 6.45) is 8.60. The van der Waals surface area contributed by atoms with Crippen LogP contribution in [0.5, 0.6) is 5.75 Å². The Labute approximate surface area is 117 Å². The third kappa shape index (κ3) is 3.84. The van der Waals surface area contributed by atoms with Crippen molar-refractivity contribution in [2.45, 2.75) is 32.1 Å². The molecule has 2 rings (SSSR count). The van der Waals surface area contributed by atoms with E-state index in [1.165, 1.54) is 42.4 Å². The number of allylic oxidation sites excluding steroid dienone is 2. The first-order valence-corrected chi connectivity index (χ1v) is 7.22. The van der Waals surface area contributed by atoms with Gasteiger partial charge in [-0.1, -0.05) is 12.1 Å². The Morgan fingerprint density at radius 2 is 2.05 bits per heavy atom. The van der Waals surface area contributed by atoms with E-state index in [2.05, 4.69) is 43.3 Å². The Balaban J connectivity index is 2.28. The Kier molecular flexibility index (Phi) is 5.03. The van der Waals surface area contributed by atoms with Gasteiger partial charge in [-0.05, 0) is 75.0 Å². The van der Waals surface area contributed by atoms with Crippen molar-refractivity contribution < 1.29 is 4.74 Å². The molecule has 0 radical (unpaired) electrons. The highest BCUT2D eigenvalue weighted by Gasteiger charge is 2.12. The van der Waals surface area contributed by atoms with Gasteiger partial charge < -0.3 is 9.64 Å². The lowest BCUT2D eigenvalue weighted by atomic mass is 9.89. The van der Waals surface area contributed by atoms with Gasteiger partial charge in [-0.3, -0.25) is 0 Å². The molecule has 1 aromatic carbocycles. The van der Waals surface area contributed by atoms with Crippen LogP contribution in [0.4, 0.5) is 0 Å². The maximum absolute atomic E-state index is 5.39. The third-order valence-corrected chi connectivity index (χ3v) is 3.78. The molecule has 1 aliphatic rings. The summed E-state index contributed by atoms with van der Waals surface area (Å²) in [6.45, 7) is 1.09. The maximum Gasteiger partial charge on any atom is 0.119 e. The molecule has 1 aromatic rings. The fourth-order valence-electron chi connectivity index (χ4n) is 2.63. The van der Waals surface area contributed by atoms with Crippen molar-refractivity contribution in [3.8, 4) is 5.75 Å². The van der Waals surface area contributed by atoms with Gasteiger partial charge >= 0.3 is 0 Å². The normalized spacial score (nSPS) is 15.5. The summed E-state index contributed by atoms with van der Waals surface area (Å²) in [4.78, 5) is 2.24. The van der Waals surface area contributed by atoms with Gasteiger partial charge in [-0.2, -0.15) is 0 Å². The monoisotopic (exact) mass is 259 g/mol. The van der Waals surface area contributed by atoms with Crippen LogP contribution in [0.2, 0.25) is 0 Å². The number of hydrogen-bond acceptors (Lipinski definition) is 2. The molecular weight excluding hydrogens is 234 g/mol. The molecule has 1 aliphatic carbocycles. The number of likely N-dealkylation sites (N-methyl/N-ethyl adjacent to an activating group) is 1. The first-order valence-electron chi connectivity index (χ1n) is 7.22. The topological polar surface area (TPSA) is 12.5 Å². The van der Waals surface area contributed by atoms with E-state index < -0.39 is 0 Å². The summed E-state index contributed by atoms with van der Waals surface area (Å²) < 4.78 is 5.39. The second-order valence-electron chi connectivity index (χ2n) is 5.55. The van der Waals surface area contributed by atoms with Crippen molar-refractivity contribution in [3.63, 3.8) is 0 Å².